The average Bonchev–Trinajstić information content (AvgIpc) is 2.86. The molecule has 4 aromatic rings. The number of nitrogens with two attached hydrogens (primary N) is 2. The van der Waals surface area contributed by atoms with Gasteiger partial charge in [-0.2, -0.15) is 26.3 Å². The van der Waals surface area contributed by atoms with Crippen molar-refractivity contribution in [3.05, 3.63) is 107 Å². The molecule has 0 fully saturated rings. The number of para-hydroxylation sites is 1. The number of carbonyl (C=O) groups is 1. The zero-order valence-electron chi connectivity index (χ0n) is 19.2. The lowest BCUT2D eigenvalue weighted by Gasteiger charge is -2.20. The van der Waals surface area contributed by atoms with Crippen molar-refractivity contribution in [1.29, 1.82) is 0 Å². The molecule has 0 amide bonds. The van der Waals surface area contributed by atoms with E-state index in [1.807, 2.05) is 0 Å². The smallest absolute Gasteiger partial charge is 0.420 e. The molecule has 4 rings (SSSR count). The van der Waals surface area contributed by atoms with Crippen LogP contribution in [0.3, 0.4) is 0 Å². The normalized spacial score (nSPS) is 11.7. The fourth-order valence-corrected chi connectivity index (χ4v) is 3.57. The van der Waals surface area contributed by atoms with Crippen LogP contribution in [0, 0.1) is 0 Å². The zero-order chi connectivity index (χ0) is 27.7. The third-order valence-corrected chi connectivity index (χ3v) is 5.31. The minimum Gasteiger partial charge on any atom is -0.453 e. The predicted molar refractivity (Wildman–Crippen MR) is 128 cm³/mol. The van der Waals surface area contributed by atoms with Crippen LogP contribution >= 0.6 is 0 Å². The van der Waals surface area contributed by atoms with Crippen LogP contribution in [0.25, 0.3) is 0 Å². The van der Waals surface area contributed by atoms with Gasteiger partial charge in [-0.3, -0.25) is 4.79 Å². The summed E-state index contributed by atoms with van der Waals surface area (Å²) in [4.78, 5) is 13.3. The van der Waals surface area contributed by atoms with Gasteiger partial charge in [0.1, 0.15) is 22.6 Å². The van der Waals surface area contributed by atoms with Crippen molar-refractivity contribution in [3.8, 4) is 23.0 Å². The van der Waals surface area contributed by atoms with Crippen LogP contribution in [0.15, 0.2) is 84.9 Å². The number of nitrogen functional groups attached to an aromatic ring is 2. The first-order valence-corrected chi connectivity index (χ1v) is 10.9. The molecule has 0 atom stereocenters. The number of benzene rings is 4. The van der Waals surface area contributed by atoms with Gasteiger partial charge in [-0.05, 0) is 48.5 Å². The first-order chi connectivity index (χ1) is 17.8. The number of carbonyl (C=O) groups excluding carboxylic acids is 1. The molecular weight excluding hydrogens is 514 g/mol. The molecule has 0 saturated carbocycles. The molecule has 0 unspecified atom stereocenters. The van der Waals surface area contributed by atoms with Crippen LogP contribution in [0.5, 0.6) is 23.0 Å². The van der Waals surface area contributed by atoms with Crippen LogP contribution < -0.4 is 20.9 Å². The number of rotatable bonds is 6. The van der Waals surface area contributed by atoms with E-state index in [2.05, 4.69) is 0 Å². The predicted octanol–water partition coefficient (Wildman–Crippen LogP) is 7.70. The van der Waals surface area contributed by atoms with Gasteiger partial charge in [0.15, 0.2) is 17.3 Å². The van der Waals surface area contributed by atoms with Crippen LogP contribution in [0.2, 0.25) is 0 Å². The second kappa shape index (κ2) is 10.0. The van der Waals surface area contributed by atoms with Gasteiger partial charge in [-0.1, -0.05) is 36.4 Å². The molecule has 0 aliphatic heterocycles. The number of hydrogen-bond donors (Lipinski definition) is 2. The summed E-state index contributed by atoms with van der Waals surface area (Å²) in [5.41, 5.74) is 8.06. The maximum Gasteiger partial charge on any atom is 0.420 e. The van der Waals surface area contributed by atoms with Gasteiger partial charge in [0.05, 0.1) is 5.56 Å². The summed E-state index contributed by atoms with van der Waals surface area (Å²) in [6.07, 6.45) is -9.77. The Labute approximate surface area is 212 Å². The maximum atomic E-state index is 13.8. The second-order valence-corrected chi connectivity index (χ2v) is 8.04. The van der Waals surface area contributed by atoms with Crippen LogP contribution in [0.1, 0.15) is 27.0 Å². The SMILES string of the molecule is Nc1ccc(Oc2cccc(C(=O)c3ccccc3)c2Oc2ccc(N)cc2C(F)(F)F)c(C(F)(F)F)c1. The van der Waals surface area contributed by atoms with E-state index in [1.54, 1.807) is 18.2 Å². The third kappa shape index (κ3) is 5.66. The van der Waals surface area contributed by atoms with Crippen LogP contribution in [-0.2, 0) is 12.4 Å². The summed E-state index contributed by atoms with van der Waals surface area (Å²) in [5, 5.41) is 0. The van der Waals surface area contributed by atoms with Gasteiger partial charge in [0, 0.05) is 16.9 Å². The Morgan fingerprint density at radius 1 is 0.605 bits per heavy atom. The van der Waals surface area contributed by atoms with Crippen LogP contribution in [-0.4, -0.2) is 5.78 Å². The van der Waals surface area contributed by atoms with Crippen LogP contribution in [0.4, 0.5) is 37.7 Å². The van der Waals surface area contributed by atoms with E-state index in [-0.39, 0.29) is 22.5 Å². The Hall–Kier alpha value is -4.67. The van der Waals surface area contributed by atoms with Crippen molar-refractivity contribution in [1.82, 2.24) is 0 Å². The molecule has 5 nitrogen and oxygen atoms in total. The number of anilines is 2. The first-order valence-electron chi connectivity index (χ1n) is 10.9. The number of alkyl halides is 6. The number of hydrogen-bond acceptors (Lipinski definition) is 5. The summed E-state index contributed by atoms with van der Waals surface area (Å²) in [6.45, 7) is 0. The highest BCUT2D eigenvalue weighted by atomic mass is 19.4. The minimum atomic E-state index is -4.90. The second-order valence-electron chi connectivity index (χ2n) is 8.04. The number of halogens is 6. The standard InChI is InChI=1S/C27H18F6N2O3/c28-26(29,30)19-13-16(34)9-11-21(19)37-23-8-4-7-18(24(36)15-5-2-1-3-6-15)25(23)38-22-12-10-17(35)14-20(22)27(31,32)33/h1-14H,34-35H2. The summed E-state index contributed by atoms with van der Waals surface area (Å²) >= 11 is 0. The highest BCUT2D eigenvalue weighted by Crippen LogP contribution is 2.46. The molecule has 0 spiro atoms. The van der Waals surface area contributed by atoms with E-state index >= 15 is 0 Å². The third-order valence-electron chi connectivity index (χ3n) is 5.31. The Balaban J connectivity index is 1.90. The Morgan fingerprint density at radius 3 is 1.66 bits per heavy atom. The fraction of sp³-hybridized carbons (Fsp3) is 0.0741. The molecule has 11 heteroatoms. The van der Waals surface area contributed by atoms with Gasteiger partial charge in [-0.25, -0.2) is 0 Å². The number of ketones is 1. The minimum absolute atomic E-state index is 0.159. The highest BCUT2D eigenvalue weighted by molar-refractivity contribution is 6.11. The van der Waals surface area contributed by atoms with E-state index in [9.17, 15) is 31.1 Å². The lowest BCUT2D eigenvalue weighted by molar-refractivity contribution is -0.139. The van der Waals surface area contributed by atoms with Crippen molar-refractivity contribution in [2.45, 2.75) is 12.4 Å². The molecule has 0 heterocycles. The molecule has 0 saturated heterocycles. The molecule has 0 aliphatic rings. The number of ether oxygens (including phenoxy) is 2. The Bertz CT molecular complexity index is 1480. The van der Waals surface area contributed by atoms with Crippen molar-refractivity contribution >= 4 is 17.2 Å². The molecule has 4 N–H and O–H groups in total. The van der Waals surface area contributed by atoms with Gasteiger partial charge in [0.25, 0.3) is 0 Å². The summed E-state index contributed by atoms with van der Waals surface area (Å²) in [5.74, 6) is -3.07. The van der Waals surface area contributed by atoms with E-state index in [0.29, 0.717) is 12.1 Å². The Kier molecular flexibility index (Phi) is 6.95. The molecule has 196 valence electrons. The average molecular weight is 532 g/mol. The molecule has 0 radical (unpaired) electrons. The van der Waals surface area contributed by atoms with E-state index in [0.717, 1.165) is 30.3 Å². The topological polar surface area (TPSA) is 87.6 Å². The largest absolute Gasteiger partial charge is 0.453 e. The monoisotopic (exact) mass is 532 g/mol. The van der Waals surface area contributed by atoms with E-state index in [1.165, 1.54) is 24.3 Å². The fourth-order valence-electron chi connectivity index (χ4n) is 3.57. The quantitative estimate of drug-likeness (QED) is 0.151. The van der Waals surface area contributed by atoms with E-state index < -0.39 is 52.3 Å². The van der Waals surface area contributed by atoms with E-state index in [4.69, 9.17) is 20.9 Å². The maximum absolute atomic E-state index is 13.8. The molecular formula is C27H18F6N2O3. The van der Waals surface area contributed by atoms with Crippen molar-refractivity contribution in [3.63, 3.8) is 0 Å². The molecule has 0 aromatic heterocycles. The highest BCUT2D eigenvalue weighted by Gasteiger charge is 2.37. The summed E-state index contributed by atoms with van der Waals surface area (Å²) in [7, 11) is 0. The van der Waals surface area contributed by atoms with Gasteiger partial charge in [0.2, 0.25) is 0 Å². The van der Waals surface area contributed by atoms with Gasteiger partial charge in [-0.15, -0.1) is 0 Å². The lowest BCUT2D eigenvalue weighted by atomic mass is 10.0. The van der Waals surface area contributed by atoms with Crippen molar-refractivity contribution < 1.29 is 40.6 Å². The zero-order valence-corrected chi connectivity index (χ0v) is 19.2. The van der Waals surface area contributed by atoms with Gasteiger partial charge < -0.3 is 20.9 Å². The summed E-state index contributed by atoms with van der Waals surface area (Å²) < 4.78 is 93.4. The van der Waals surface area contributed by atoms with Crippen molar-refractivity contribution in [2.24, 2.45) is 0 Å². The molecule has 38 heavy (non-hydrogen) atoms. The lowest BCUT2D eigenvalue weighted by Crippen LogP contribution is -2.11. The first kappa shape index (κ1) is 26.4. The molecule has 4 aromatic carbocycles. The van der Waals surface area contributed by atoms with Gasteiger partial charge >= 0.3 is 12.4 Å². The van der Waals surface area contributed by atoms with Crippen molar-refractivity contribution in [2.75, 3.05) is 11.5 Å². The summed E-state index contributed by atoms with van der Waals surface area (Å²) in [6, 6.07) is 16.9. The Morgan fingerprint density at radius 2 is 1.13 bits per heavy atom. The molecule has 0 bridgehead atoms. The molecule has 0 aliphatic carbocycles.